The summed E-state index contributed by atoms with van der Waals surface area (Å²) in [6.45, 7) is 2.78. The van der Waals surface area contributed by atoms with E-state index < -0.39 is 11.9 Å². The first-order valence-corrected chi connectivity index (χ1v) is 7.63. The van der Waals surface area contributed by atoms with Crippen LogP contribution in [0.15, 0.2) is 10.6 Å². The average molecular weight is 296 g/mol. The number of rotatable bonds is 11. The molecule has 0 saturated heterocycles. The van der Waals surface area contributed by atoms with Gasteiger partial charge in [-0.1, -0.05) is 57.0 Å². The van der Waals surface area contributed by atoms with Crippen LogP contribution < -0.4 is 5.32 Å². The van der Waals surface area contributed by atoms with Crippen LogP contribution in [0.1, 0.15) is 79.3 Å². The fourth-order valence-corrected chi connectivity index (χ4v) is 2.03. The van der Waals surface area contributed by atoms with E-state index in [4.69, 9.17) is 5.11 Å². The normalized spacial score (nSPS) is 10.5. The van der Waals surface area contributed by atoms with E-state index in [-0.39, 0.29) is 11.5 Å². The van der Waals surface area contributed by atoms with Crippen molar-refractivity contribution in [3.05, 3.63) is 17.5 Å². The number of aromatic carboxylic acids is 1. The molecule has 0 unspecified atom stereocenters. The highest BCUT2D eigenvalue weighted by molar-refractivity contribution is 5.94. The van der Waals surface area contributed by atoms with Crippen molar-refractivity contribution in [2.24, 2.45) is 0 Å². The number of carbonyl (C=O) groups is 2. The second-order valence-electron chi connectivity index (χ2n) is 5.11. The first-order chi connectivity index (χ1) is 10.1. The number of nitrogens with zero attached hydrogens (tertiary/aromatic N) is 1. The van der Waals surface area contributed by atoms with E-state index in [0.29, 0.717) is 6.54 Å². The molecule has 6 nitrogen and oxygen atoms in total. The molecule has 0 aliphatic heterocycles. The Kier molecular flexibility index (Phi) is 8.16. The maximum absolute atomic E-state index is 11.7. The Balaban J connectivity index is 2.06. The van der Waals surface area contributed by atoms with Crippen LogP contribution in [0.2, 0.25) is 0 Å². The van der Waals surface area contributed by atoms with Gasteiger partial charge in [-0.15, -0.1) is 0 Å². The Labute approximate surface area is 124 Å². The predicted octanol–water partition coefficient (Wildman–Crippen LogP) is 3.24. The van der Waals surface area contributed by atoms with Gasteiger partial charge in [-0.2, -0.15) is 0 Å². The number of unbranched alkanes of at least 4 members (excludes halogenated alkanes) is 7. The first-order valence-electron chi connectivity index (χ1n) is 7.63. The summed E-state index contributed by atoms with van der Waals surface area (Å²) >= 11 is 0. The van der Waals surface area contributed by atoms with Crippen LogP contribution in [0.4, 0.5) is 0 Å². The summed E-state index contributed by atoms with van der Waals surface area (Å²) in [5.74, 6) is -1.95. The van der Waals surface area contributed by atoms with E-state index in [9.17, 15) is 9.59 Å². The van der Waals surface area contributed by atoms with Crippen molar-refractivity contribution in [1.29, 1.82) is 0 Å². The minimum atomic E-state index is -1.23. The second-order valence-corrected chi connectivity index (χ2v) is 5.11. The van der Waals surface area contributed by atoms with Gasteiger partial charge >= 0.3 is 5.97 Å². The van der Waals surface area contributed by atoms with Gasteiger partial charge in [0.2, 0.25) is 5.76 Å². The molecular weight excluding hydrogens is 272 g/mol. The fourth-order valence-electron chi connectivity index (χ4n) is 2.03. The number of carboxylic acid groups (broad SMARTS) is 1. The largest absolute Gasteiger partial charge is 0.475 e. The SMILES string of the molecule is CCCCCCCCCCNC(=O)c1cc(C(=O)O)on1. The lowest BCUT2D eigenvalue weighted by atomic mass is 10.1. The van der Waals surface area contributed by atoms with E-state index in [1.165, 1.54) is 38.5 Å². The monoisotopic (exact) mass is 296 g/mol. The molecule has 118 valence electrons. The molecule has 0 radical (unpaired) electrons. The maximum Gasteiger partial charge on any atom is 0.374 e. The van der Waals surface area contributed by atoms with Gasteiger partial charge in [-0.05, 0) is 6.42 Å². The molecule has 0 saturated carbocycles. The number of hydrogen-bond donors (Lipinski definition) is 2. The van der Waals surface area contributed by atoms with Gasteiger partial charge in [0.05, 0.1) is 0 Å². The molecule has 0 spiro atoms. The molecule has 0 aliphatic rings. The number of carboxylic acids is 1. The van der Waals surface area contributed by atoms with Gasteiger partial charge < -0.3 is 14.9 Å². The van der Waals surface area contributed by atoms with Crippen LogP contribution in [0, 0.1) is 0 Å². The molecule has 6 heteroatoms. The first kappa shape index (κ1) is 17.2. The summed E-state index contributed by atoms with van der Waals surface area (Å²) in [5, 5.41) is 14.8. The third kappa shape index (κ3) is 6.92. The highest BCUT2D eigenvalue weighted by Crippen LogP contribution is 2.08. The zero-order chi connectivity index (χ0) is 15.5. The minimum Gasteiger partial charge on any atom is -0.475 e. The third-order valence-corrected chi connectivity index (χ3v) is 3.27. The van der Waals surface area contributed by atoms with Crippen molar-refractivity contribution in [3.63, 3.8) is 0 Å². The van der Waals surface area contributed by atoms with Crippen LogP contribution in [-0.4, -0.2) is 28.7 Å². The molecule has 1 aromatic heterocycles. The van der Waals surface area contributed by atoms with Gasteiger partial charge in [0.1, 0.15) is 0 Å². The Bertz CT molecular complexity index is 443. The van der Waals surface area contributed by atoms with Crippen LogP contribution in [0.5, 0.6) is 0 Å². The van der Waals surface area contributed by atoms with Gasteiger partial charge in [-0.3, -0.25) is 4.79 Å². The lowest BCUT2D eigenvalue weighted by Crippen LogP contribution is -2.24. The van der Waals surface area contributed by atoms with Crippen molar-refractivity contribution in [2.45, 2.75) is 58.3 Å². The standard InChI is InChI=1S/C15H24N2O4/c1-2-3-4-5-6-7-8-9-10-16-14(18)12-11-13(15(19)20)21-17-12/h11H,2-10H2,1H3,(H,16,18)(H,19,20). The zero-order valence-electron chi connectivity index (χ0n) is 12.6. The molecule has 0 fully saturated rings. The fraction of sp³-hybridized carbons (Fsp3) is 0.667. The zero-order valence-corrected chi connectivity index (χ0v) is 12.6. The Morgan fingerprint density at radius 2 is 1.76 bits per heavy atom. The van der Waals surface area contributed by atoms with Crippen molar-refractivity contribution in [1.82, 2.24) is 10.5 Å². The number of carbonyl (C=O) groups excluding carboxylic acids is 1. The predicted molar refractivity (Wildman–Crippen MR) is 78.4 cm³/mol. The molecular formula is C15H24N2O4. The molecule has 1 rings (SSSR count). The number of amides is 1. The highest BCUT2D eigenvalue weighted by atomic mass is 16.5. The van der Waals surface area contributed by atoms with Gasteiger partial charge in [0.25, 0.3) is 5.91 Å². The lowest BCUT2D eigenvalue weighted by molar-refractivity contribution is 0.0651. The summed E-state index contributed by atoms with van der Waals surface area (Å²) in [7, 11) is 0. The minimum absolute atomic E-state index is 0.00645. The number of hydrogen-bond acceptors (Lipinski definition) is 4. The Morgan fingerprint density at radius 1 is 1.14 bits per heavy atom. The Morgan fingerprint density at radius 3 is 2.33 bits per heavy atom. The summed E-state index contributed by atoms with van der Waals surface area (Å²) in [5.41, 5.74) is 0.00645. The van der Waals surface area contributed by atoms with Crippen molar-refractivity contribution < 1.29 is 19.2 Å². The third-order valence-electron chi connectivity index (χ3n) is 3.27. The van der Waals surface area contributed by atoms with E-state index in [2.05, 4.69) is 21.9 Å². The molecule has 1 heterocycles. The van der Waals surface area contributed by atoms with Gasteiger partial charge in [0.15, 0.2) is 5.69 Å². The van der Waals surface area contributed by atoms with E-state index in [1.807, 2.05) is 0 Å². The molecule has 0 atom stereocenters. The summed E-state index contributed by atoms with van der Waals surface area (Å²) < 4.78 is 4.53. The Hall–Kier alpha value is -1.85. The molecule has 1 aromatic rings. The average Bonchev–Trinajstić information content (AvgIpc) is 2.95. The van der Waals surface area contributed by atoms with Crippen LogP contribution >= 0.6 is 0 Å². The van der Waals surface area contributed by atoms with Crippen LogP contribution in [0.25, 0.3) is 0 Å². The van der Waals surface area contributed by atoms with Crippen LogP contribution in [-0.2, 0) is 0 Å². The second kappa shape index (κ2) is 9.96. The molecule has 2 N–H and O–H groups in total. The van der Waals surface area contributed by atoms with Crippen LogP contribution in [0.3, 0.4) is 0 Å². The molecule has 21 heavy (non-hydrogen) atoms. The number of nitrogens with one attached hydrogen (secondary N) is 1. The summed E-state index contributed by atoms with van der Waals surface area (Å²) in [6.07, 6.45) is 9.62. The summed E-state index contributed by atoms with van der Waals surface area (Å²) in [4.78, 5) is 22.3. The smallest absolute Gasteiger partial charge is 0.374 e. The molecule has 0 bridgehead atoms. The summed E-state index contributed by atoms with van der Waals surface area (Å²) in [6, 6.07) is 1.13. The highest BCUT2D eigenvalue weighted by Gasteiger charge is 2.15. The quantitative estimate of drug-likeness (QED) is 0.611. The van der Waals surface area contributed by atoms with Crippen molar-refractivity contribution in [2.75, 3.05) is 6.54 Å². The van der Waals surface area contributed by atoms with E-state index >= 15 is 0 Å². The molecule has 0 aromatic carbocycles. The van der Waals surface area contributed by atoms with Crippen molar-refractivity contribution >= 4 is 11.9 Å². The van der Waals surface area contributed by atoms with E-state index in [0.717, 1.165) is 18.9 Å². The van der Waals surface area contributed by atoms with Crippen molar-refractivity contribution in [3.8, 4) is 0 Å². The number of aromatic nitrogens is 1. The topological polar surface area (TPSA) is 92.4 Å². The van der Waals surface area contributed by atoms with Gasteiger partial charge in [0, 0.05) is 12.6 Å². The lowest BCUT2D eigenvalue weighted by Gasteiger charge is -2.03. The molecule has 1 amide bonds. The van der Waals surface area contributed by atoms with E-state index in [1.54, 1.807) is 0 Å². The molecule has 0 aliphatic carbocycles. The maximum atomic E-state index is 11.7. The van der Waals surface area contributed by atoms with Gasteiger partial charge in [-0.25, -0.2) is 4.79 Å².